The molecule has 0 fully saturated rings. The van der Waals surface area contributed by atoms with E-state index in [9.17, 15) is 0 Å². The van der Waals surface area contributed by atoms with E-state index in [0.29, 0.717) is 0 Å². The minimum atomic E-state index is 0.824. The van der Waals surface area contributed by atoms with Crippen molar-refractivity contribution in [1.82, 2.24) is 0 Å². The number of halogens is 4. The molecular formula is C23H9Br4NS6. The summed E-state index contributed by atoms with van der Waals surface area (Å²) in [6.45, 7) is 2.16. The number of fused-ring (bicyclic) bond motifs is 6. The molecule has 0 spiro atoms. The quantitative estimate of drug-likeness (QED) is 0.185. The standard InChI is InChI=1S/C23H9Br4NS6/c1-6-2-9(24)18(29-6)22-14(26)20-16(33-22)7-3-12-8(4-11(7)30-20)17-21(31-12)15(27)23(34-17)19-10(25)5-13(28)32-19/h2-5H,28H2,1H3. The second-order valence-electron chi connectivity index (χ2n) is 7.72. The zero-order valence-electron chi connectivity index (χ0n) is 16.8. The summed E-state index contributed by atoms with van der Waals surface area (Å²) in [6, 6.07) is 8.98. The molecule has 6 aromatic heterocycles. The highest BCUT2D eigenvalue weighted by Crippen LogP contribution is 2.56. The molecule has 0 saturated heterocycles. The lowest BCUT2D eigenvalue weighted by Gasteiger charge is -1.97. The van der Waals surface area contributed by atoms with Crippen LogP contribution in [-0.2, 0) is 0 Å². The number of anilines is 1. The highest BCUT2D eigenvalue weighted by Gasteiger charge is 2.23. The average molecular weight is 811 g/mol. The van der Waals surface area contributed by atoms with Crippen LogP contribution in [0.3, 0.4) is 0 Å². The van der Waals surface area contributed by atoms with Crippen LogP contribution in [0.15, 0.2) is 42.2 Å². The Morgan fingerprint density at radius 2 is 1.06 bits per heavy atom. The normalized spacial score (nSPS) is 12.4. The zero-order chi connectivity index (χ0) is 23.5. The number of rotatable bonds is 2. The lowest BCUT2D eigenvalue weighted by molar-refractivity contribution is 1.62. The first-order chi connectivity index (χ1) is 16.3. The molecule has 0 saturated carbocycles. The Kier molecular flexibility index (Phi) is 5.72. The van der Waals surface area contributed by atoms with E-state index in [1.165, 1.54) is 76.8 Å². The second kappa shape index (κ2) is 8.34. The summed E-state index contributed by atoms with van der Waals surface area (Å²) >= 11 is 26.2. The molecule has 0 amide bonds. The predicted molar refractivity (Wildman–Crippen MR) is 175 cm³/mol. The van der Waals surface area contributed by atoms with Crippen LogP contribution in [-0.4, -0.2) is 0 Å². The van der Waals surface area contributed by atoms with Crippen LogP contribution < -0.4 is 5.73 Å². The van der Waals surface area contributed by atoms with Gasteiger partial charge in [-0.2, -0.15) is 0 Å². The SMILES string of the molecule is Cc1cc(Br)c(-c2sc3c(sc4cc5c(cc43)sc3c(Br)c(-c4sc(N)cc4Br)sc35)c2Br)s1. The van der Waals surface area contributed by atoms with Gasteiger partial charge < -0.3 is 5.73 Å². The zero-order valence-corrected chi connectivity index (χ0v) is 28.1. The van der Waals surface area contributed by atoms with Gasteiger partial charge in [0.05, 0.1) is 52.3 Å². The summed E-state index contributed by atoms with van der Waals surface area (Å²) in [6.07, 6.45) is 0. The smallest absolute Gasteiger partial charge is 0.0874 e. The maximum atomic E-state index is 6.06. The Hall–Kier alpha value is 0.180. The number of hydrogen-bond acceptors (Lipinski definition) is 7. The van der Waals surface area contributed by atoms with Crippen LogP contribution in [0.5, 0.6) is 0 Å². The number of benzene rings is 1. The summed E-state index contributed by atoms with van der Waals surface area (Å²) in [5.74, 6) is 0. The van der Waals surface area contributed by atoms with Crippen molar-refractivity contribution in [3.63, 3.8) is 0 Å². The fourth-order valence-corrected chi connectivity index (χ4v) is 15.6. The summed E-state index contributed by atoms with van der Waals surface area (Å²) in [4.78, 5) is 6.37. The minimum Gasteiger partial charge on any atom is -0.391 e. The molecule has 34 heavy (non-hydrogen) atoms. The molecule has 2 N–H and O–H groups in total. The van der Waals surface area contributed by atoms with E-state index in [1.54, 1.807) is 11.3 Å². The molecule has 0 bridgehead atoms. The Labute approximate surface area is 251 Å². The van der Waals surface area contributed by atoms with Crippen molar-refractivity contribution in [3.05, 3.63) is 47.0 Å². The van der Waals surface area contributed by atoms with Crippen LogP contribution in [0.1, 0.15) is 4.88 Å². The van der Waals surface area contributed by atoms with Gasteiger partial charge in [-0.1, -0.05) is 0 Å². The van der Waals surface area contributed by atoms with Crippen molar-refractivity contribution in [3.8, 4) is 19.5 Å². The van der Waals surface area contributed by atoms with Gasteiger partial charge in [0.1, 0.15) is 0 Å². The molecule has 1 aromatic carbocycles. The van der Waals surface area contributed by atoms with Gasteiger partial charge in [0.25, 0.3) is 0 Å². The van der Waals surface area contributed by atoms with Gasteiger partial charge in [-0.3, -0.25) is 0 Å². The first-order valence-electron chi connectivity index (χ1n) is 9.80. The van der Waals surface area contributed by atoms with Crippen LogP contribution in [0.25, 0.3) is 58.5 Å². The third-order valence-electron chi connectivity index (χ3n) is 5.54. The first kappa shape index (κ1) is 23.3. The number of nitrogen functional groups attached to an aromatic ring is 1. The third kappa shape index (κ3) is 3.38. The minimum absolute atomic E-state index is 0.824. The van der Waals surface area contributed by atoms with Crippen molar-refractivity contribution >= 4 is 176 Å². The third-order valence-corrected chi connectivity index (χ3v) is 17.3. The average Bonchev–Trinajstić information content (AvgIpc) is 3.59. The van der Waals surface area contributed by atoms with Crippen molar-refractivity contribution in [2.24, 2.45) is 0 Å². The topological polar surface area (TPSA) is 26.0 Å². The lowest BCUT2D eigenvalue weighted by Crippen LogP contribution is -1.72. The van der Waals surface area contributed by atoms with Gasteiger partial charge in [0.15, 0.2) is 0 Å². The van der Waals surface area contributed by atoms with E-state index in [-0.39, 0.29) is 0 Å². The summed E-state index contributed by atoms with van der Waals surface area (Å²) in [5, 5.41) is 3.52. The van der Waals surface area contributed by atoms with Gasteiger partial charge in [-0.15, -0.1) is 68.0 Å². The summed E-state index contributed by atoms with van der Waals surface area (Å²) in [7, 11) is 0. The molecule has 0 radical (unpaired) electrons. The fourth-order valence-electron chi connectivity index (χ4n) is 4.10. The van der Waals surface area contributed by atoms with Crippen LogP contribution in [0, 0.1) is 6.92 Å². The summed E-state index contributed by atoms with van der Waals surface area (Å²) in [5.41, 5.74) is 6.06. The van der Waals surface area contributed by atoms with E-state index in [4.69, 9.17) is 5.73 Å². The van der Waals surface area contributed by atoms with E-state index in [2.05, 4.69) is 88.8 Å². The molecule has 7 aromatic rings. The maximum Gasteiger partial charge on any atom is 0.0874 e. The molecule has 1 nitrogen and oxygen atoms in total. The van der Waals surface area contributed by atoms with Crippen LogP contribution in [0.2, 0.25) is 0 Å². The predicted octanol–water partition coefficient (Wildman–Crippen LogP) is 12.9. The van der Waals surface area contributed by atoms with Crippen LogP contribution >= 0.6 is 132 Å². The number of nitrogens with two attached hydrogens (primary N) is 1. The van der Waals surface area contributed by atoms with Gasteiger partial charge in [-0.05, 0) is 94.9 Å². The Morgan fingerprint density at radius 1 is 0.559 bits per heavy atom. The number of hydrogen-bond donors (Lipinski definition) is 1. The lowest BCUT2D eigenvalue weighted by atomic mass is 10.2. The second-order valence-corrected chi connectivity index (χ2v) is 17.5. The van der Waals surface area contributed by atoms with E-state index in [0.717, 1.165) is 9.47 Å². The Morgan fingerprint density at radius 3 is 1.50 bits per heavy atom. The molecule has 0 atom stereocenters. The highest BCUT2D eigenvalue weighted by atomic mass is 79.9. The van der Waals surface area contributed by atoms with Crippen molar-refractivity contribution < 1.29 is 0 Å². The largest absolute Gasteiger partial charge is 0.391 e. The molecule has 6 heterocycles. The monoisotopic (exact) mass is 807 g/mol. The molecule has 7 rings (SSSR count). The van der Waals surface area contributed by atoms with Crippen molar-refractivity contribution in [2.75, 3.05) is 5.73 Å². The maximum absolute atomic E-state index is 6.06. The van der Waals surface area contributed by atoms with E-state index in [1.807, 2.05) is 62.8 Å². The Balaban J connectivity index is 1.46. The molecule has 0 aliphatic carbocycles. The first-order valence-corrected chi connectivity index (χ1v) is 17.9. The van der Waals surface area contributed by atoms with Gasteiger partial charge >= 0.3 is 0 Å². The number of aryl methyl sites for hydroxylation is 1. The fraction of sp³-hybridized carbons (Fsp3) is 0.0435. The van der Waals surface area contributed by atoms with Gasteiger partial charge in [-0.25, -0.2) is 0 Å². The number of thiophene rings is 6. The molecule has 170 valence electrons. The molecular weight excluding hydrogens is 802 g/mol. The summed E-state index contributed by atoms with van der Waals surface area (Å²) < 4.78 is 12.7. The molecule has 11 heteroatoms. The van der Waals surface area contributed by atoms with E-state index < -0.39 is 0 Å². The molecule has 0 aliphatic heterocycles. The van der Waals surface area contributed by atoms with Crippen LogP contribution in [0.4, 0.5) is 5.00 Å². The van der Waals surface area contributed by atoms with Gasteiger partial charge in [0.2, 0.25) is 0 Å². The van der Waals surface area contributed by atoms with Gasteiger partial charge in [0, 0.05) is 34.0 Å². The van der Waals surface area contributed by atoms with Crippen molar-refractivity contribution in [2.45, 2.75) is 6.92 Å². The molecule has 0 aliphatic rings. The Bertz CT molecular complexity index is 1800. The highest BCUT2D eigenvalue weighted by molar-refractivity contribution is 9.11. The molecule has 0 unspecified atom stereocenters. The van der Waals surface area contributed by atoms with Crippen molar-refractivity contribution in [1.29, 1.82) is 0 Å². The van der Waals surface area contributed by atoms with E-state index >= 15 is 0 Å².